The Bertz CT molecular complexity index is 419. The summed E-state index contributed by atoms with van der Waals surface area (Å²) in [6, 6.07) is 11.1. The highest BCUT2D eigenvalue weighted by atomic mass is 32.2. The van der Waals surface area contributed by atoms with Crippen molar-refractivity contribution in [3.05, 3.63) is 29.8 Å². The van der Waals surface area contributed by atoms with Crippen molar-refractivity contribution in [2.45, 2.75) is 43.5 Å². The Morgan fingerprint density at radius 3 is 2.84 bits per heavy atom. The molecule has 0 bridgehead atoms. The average Bonchev–Trinajstić information content (AvgIpc) is 2.45. The van der Waals surface area contributed by atoms with Crippen LogP contribution >= 0.6 is 11.8 Å². The molecule has 3 heteroatoms. The van der Waals surface area contributed by atoms with E-state index < -0.39 is 0 Å². The zero-order valence-corrected chi connectivity index (χ0v) is 12.3. The molecule has 19 heavy (non-hydrogen) atoms. The first-order valence-electron chi connectivity index (χ1n) is 7.19. The van der Waals surface area contributed by atoms with Gasteiger partial charge in [-0.2, -0.15) is 5.26 Å². The van der Waals surface area contributed by atoms with Crippen LogP contribution in [0.2, 0.25) is 0 Å². The van der Waals surface area contributed by atoms with Crippen LogP contribution < -0.4 is 0 Å². The molecule has 0 unspecified atom stereocenters. The first-order valence-corrected chi connectivity index (χ1v) is 8.18. The lowest BCUT2D eigenvalue weighted by molar-refractivity contribution is 0.221. The van der Waals surface area contributed by atoms with Gasteiger partial charge in [0.2, 0.25) is 0 Å². The predicted octanol–water partition coefficient (Wildman–Crippen LogP) is 4.07. The minimum atomic E-state index is 0.667. The summed E-state index contributed by atoms with van der Waals surface area (Å²) in [5.74, 6) is 1.04. The summed E-state index contributed by atoms with van der Waals surface area (Å²) in [6.07, 6.45) is 5.74. The number of unbranched alkanes of at least 4 members (excludes halogenated alkanes) is 1. The summed E-state index contributed by atoms with van der Waals surface area (Å²) >= 11 is 1.87. The molecule has 1 heterocycles. The molecule has 1 aromatic carbocycles. The summed E-state index contributed by atoms with van der Waals surface area (Å²) < 4.78 is 0. The standard InChI is InChI=1S/C16H22N2S/c17-9-2-5-12-19-16-8-6-7-15(13-16)14-18-10-3-1-4-11-18/h6-8,13H,1-5,10-12,14H2. The van der Waals surface area contributed by atoms with Gasteiger partial charge in [-0.3, -0.25) is 4.90 Å². The maximum atomic E-state index is 8.53. The number of piperidine rings is 1. The fourth-order valence-corrected chi connectivity index (χ4v) is 3.38. The summed E-state index contributed by atoms with van der Waals surface area (Å²) in [5.41, 5.74) is 1.42. The predicted molar refractivity (Wildman–Crippen MR) is 81.1 cm³/mol. The third kappa shape index (κ3) is 5.26. The van der Waals surface area contributed by atoms with Gasteiger partial charge in [0.1, 0.15) is 0 Å². The van der Waals surface area contributed by atoms with Crippen LogP contribution in [0.25, 0.3) is 0 Å². The number of nitrogens with zero attached hydrogens (tertiary/aromatic N) is 2. The highest BCUT2D eigenvalue weighted by molar-refractivity contribution is 7.99. The van der Waals surface area contributed by atoms with E-state index >= 15 is 0 Å². The third-order valence-corrected chi connectivity index (χ3v) is 4.54. The molecule has 0 aliphatic carbocycles. The first kappa shape index (κ1) is 14.4. The lowest BCUT2D eigenvalue weighted by atomic mass is 10.1. The molecule has 0 radical (unpaired) electrons. The number of hydrogen-bond donors (Lipinski definition) is 0. The number of nitriles is 1. The number of thioether (sulfide) groups is 1. The van der Waals surface area contributed by atoms with Crippen LogP contribution in [0.3, 0.4) is 0 Å². The van der Waals surface area contributed by atoms with Gasteiger partial charge >= 0.3 is 0 Å². The average molecular weight is 274 g/mol. The van der Waals surface area contributed by atoms with E-state index in [1.165, 1.54) is 42.8 Å². The van der Waals surface area contributed by atoms with E-state index in [1.807, 2.05) is 11.8 Å². The monoisotopic (exact) mass is 274 g/mol. The van der Waals surface area contributed by atoms with Gasteiger partial charge < -0.3 is 0 Å². The second-order valence-electron chi connectivity index (χ2n) is 5.09. The van der Waals surface area contributed by atoms with Gasteiger partial charge in [-0.1, -0.05) is 18.6 Å². The molecule has 0 spiro atoms. The number of rotatable bonds is 6. The molecule has 1 aliphatic heterocycles. The minimum absolute atomic E-state index is 0.667. The van der Waals surface area contributed by atoms with Crippen LogP contribution in [0.15, 0.2) is 29.2 Å². The van der Waals surface area contributed by atoms with Crippen molar-refractivity contribution in [1.82, 2.24) is 4.90 Å². The topological polar surface area (TPSA) is 27.0 Å². The van der Waals surface area contributed by atoms with E-state index in [9.17, 15) is 0 Å². The van der Waals surface area contributed by atoms with Crippen molar-refractivity contribution in [3.63, 3.8) is 0 Å². The van der Waals surface area contributed by atoms with Crippen LogP contribution in [0, 0.1) is 11.3 Å². The first-order chi connectivity index (χ1) is 9.38. The van der Waals surface area contributed by atoms with Crippen molar-refractivity contribution in [3.8, 4) is 6.07 Å². The van der Waals surface area contributed by atoms with Gasteiger partial charge in [0.15, 0.2) is 0 Å². The van der Waals surface area contributed by atoms with Crippen molar-refractivity contribution >= 4 is 11.8 Å². The Hall–Kier alpha value is -0.980. The molecule has 0 N–H and O–H groups in total. The van der Waals surface area contributed by atoms with Gasteiger partial charge in [0, 0.05) is 17.9 Å². The molecular weight excluding hydrogens is 252 g/mol. The Balaban J connectivity index is 1.82. The third-order valence-electron chi connectivity index (χ3n) is 3.45. The maximum absolute atomic E-state index is 8.53. The van der Waals surface area contributed by atoms with Gasteiger partial charge in [0.25, 0.3) is 0 Å². The van der Waals surface area contributed by atoms with Crippen LogP contribution in [0.1, 0.15) is 37.7 Å². The molecule has 0 amide bonds. The lowest BCUT2D eigenvalue weighted by Gasteiger charge is -2.26. The molecule has 1 aromatic rings. The summed E-state index contributed by atoms with van der Waals surface area (Å²) in [5, 5.41) is 8.53. The smallest absolute Gasteiger partial charge is 0.0622 e. The highest BCUT2D eigenvalue weighted by Crippen LogP contribution is 2.22. The zero-order chi connectivity index (χ0) is 13.3. The Morgan fingerprint density at radius 2 is 2.05 bits per heavy atom. The molecule has 0 aromatic heterocycles. The van der Waals surface area contributed by atoms with E-state index in [2.05, 4.69) is 35.2 Å². The SMILES string of the molecule is N#CCCCSc1cccc(CN2CCCCC2)c1. The van der Waals surface area contributed by atoms with Gasteiger partial charge in [-0.25, -0.2) is 0 Å². The number of hydrogen-bond acceptors (Lipinski definition) is 3. The van der Waals surface area contributed by atoms with Crippen LogP contribution in [-0.2, 0) is 6.54 Å². The normalized spacial score (nSPS) is 16.2. The molecule has 0 atom stereocenters. The Labute approximate surface area is 120 Å². The van der Waals surface area contributed by atoms with E-state index in [0.717, 1.165) is 18.7 Å². The lowest BCUT2D eigenvalue weighted by Crippen LogP contribution is -2.29. The molecule has 1 fully saturated rings. The molecule has 2 rings (SSSR count). The van der Waals surface area contributed by atoms with E-state index in [0.29, 0.717) is 6.42 Å². The quantitative estimate of drug-likeness (QED) is 0.578. The van der Waals surface area contributed by atoms with Crippen LogP contribution in [0.4, 0.5) is 0 Å². The largest absolute Gasteiger partial charge is 0.299 e. The van der Waals surface area contributed by atoms with E-state index in [1.54, 1.807) is 0 Å². The second-order valence-corrected chi connectivity index (χ2v) is 6.26. The fourth-order valence-electron chi connectivity index (χ4n) is 2.45. The van der Waals surface area contributed by atoms with Crippen molar-refractivity contribution in [2.75, 3.05) is 18.8 Å². The Morgan fingerprint density at radius 1 is 1.21 bits per heavy atom. The van der Waals surface area contributed by atoms with Gasteiger partial charge in [0.05, 0.1) is 6.07 Å². The Kier molecular flexibility index (Phi) is 6.26. The van der Waals surface area contributed by atoms with E-state index in [-0.39, 0.29) is 0 Å². The second kappa shape index (κ2) is 8.24. The number of likely N-dealkylation sites (tertiary alicyclic amines) is 1. The molecular formula is C16H22N2S. The molecule has 0 saturated carbocycles. The molecule has 2 nitrogen and oxygen atoms in total. The summed E-state index contributed by atoms with van der Waals surface area (Å²) in [7, 11) is 0. The van der Waals surface area contributed by atoms with Crippen molar-refractivity contribution in [1.29, 1.82) is 5.26 Å². The molecule has 1 aliphatic rings. The van der Waals surface area contributed by atoms with Gasteiger partial charge in [-0.15, -0.1) is 11.8 Å². The van der Waals surface area contributed by atoms with Crippen LogP contribution in [0.5, 0.6) is 0 Å². The summed E-state index contributed by atoms with van der Waals surface area (Å²) in [4.78, 5) is 3.90. The highest BCUT2D eigenvalue weighted by Gasteiger charge is 2.10. The molecule has 1 saturated heterocycles. The summed E-state index contributed by atoms with van der Waals surface area (Å²) in [6.45, 7) is 3.59. The maximum Gasteiger partial charge on any atom is 0.0622 e. The minimum Gasteiger partial charge on any atom is -0.299 e. The van der Waals surface area contributed by atoms with Crippen LogP contribution in [-0.4, -0.2) is 23.7 Å². The van der Waals surface area contributed by atoms with Gasteiger partial charge in [-0.05, 0) is 55.8 Å². The molecule has 102 valence electrons. The van der Waals surface area contributed by atoms with Crippen molar-refractivity contribution in [2.24, 2.45) is 0 Å². The fraction of sp³-hybridized carbons (Fsp3) is 0.562. The van der Waals surface area contributed by atoms with Crippen molar-refractivity contribution < 1.29 is 0 Å². The zero-order valence-electron chi connectivity index (χ0n) is 11.5. The number of benzene rings is 1. The van der Waals surface area contributed by atoms with E-state index in [4.69, 9.17) is 5.26 Å².